The van der Waals surface area contributed by atoms with Crippen molar-refractivity contribution in [2.45, 2.75) is 50.1 Å². The number of carbonyl (C=O) groups excluding carboxylic acids is 2. The van der Waals surface area contributed by atoms with Crippen molar-refractivity contribution in [2.24, 2.45) is 5.92 Å². The minimum atomic E-state index is -0.444. The van der Waals surface area contributed by atoms with Crippen LogP contribution in [0.5, 0.6) is 0 Å². The number of halogens is 1. The van der Waals surface area contributed by atoms with Gasteiger partial charge in [-0.05, 0) is 54.7 Å². The van der Waals surface area contributed by atoms with Gasteiger partial charge in [-0.15, -0.1) is 0 Å². The zero-order valence-electron chi connectivity index (χ0n) is 19.6. The van der Waals surface area contributed by atoms with E-state index in [1.165, 1.54) is 48.8 Å². The molecule has 2 N–H and O–H groups in total. The van der Waals surface area contributed by atoms with Gasteiger partial charge in [0, 0.05) is 30.1 Å². The highest BCUT2D eigenvalue weighted by Gasteiger charge is 2.54. The Balaban J connectivity index is 1.26. The van der Waals surface area contributed by atoms with Crippen LogP contribution in [0.2, 0.25) is 0 Å². The first-order chi connectivity index (χ1) is 17.0. The van der Waals surface area contributed by atoms with Crippen molar-refractivity contribution in [1.29, 1.82) is 0 Å². The molecule has 1 saturated carbocycles. The summed E-state index contributed by atoms with van der Waals surface area (Å²) in [4.78, 5) is 28.8. The van der Waals surface area contributed by atoms with Gasteiger partial charge in [0.15, 0.2) is 0 Å². The van der Waals surface area contributed by atoms with E-state index in [2.05, 4.69) is 17.2 Å². The summed E-state index contributed by atoms with van der Waals surface area (Å²) in [6, 6.07) is 12.7. The molecule has 1 aliphatic carbocycles. The van der Waals surface area contributed by atoms with Gasteiger partial charge in [-0.3, -0.25) is 4.79 Å². The fourth-order valence-corrected chi connectivity index (χ4v) is 5.72. The van der Waals surface area contributed by atoms with Gasteiger partial charge in [0.05, 0.1) is 18.7 Å². The summed E-state index contributed by atoms with van der Waals surface area (Å²) in [5.74, 6) is 6.60. The first-order valence-corrected chi connectivity index (χ1v) is 12.4. The average molecular weight is 476 g/mol. The quantitative estimate of drug-likeness (QED) is 0.658. The van der Waals surface area contributed by atoms with Gasteiger partial charge < -0.3 is 20.2 Å². The van der Waals surface area contributed by atoms with Crippen LogP contribution in [0.1, 0.15) is 49.1 Å². The fourth-order valence-electron chi connectivity index (χ4n) is 5.72. The highest BCUT2D eigenvalue weighted by molar-refractivity contribution is 5.93. The molecule has 0 aromatic heterocycles. The molecule has 0 radical (unpaired) electrons. The summed E-state index contributed by atoms with van der Waals surface area (Å²) in [6.45, 7) is 0.138. The van der Waals surface area contributed by atoms with Crippen molar-refractivity contribution in [3.8, 4) is 11.8 Å². The van der Waals surface area contributed by atoms with E-state index >= 15 is 0 Å². The maximum atomic E-state index is 13.5. The van der Waals surface area contributed by atoms with Crippen molar-refractivity contribution in [1.82, 2.24) is 9.80 Å². The van der Waals surface area contributed by atoms with E-state index in [1.807, 2.05) is 24.3 Å². The van der Waals surface area contributed by atoms with E-state index in [4.69, 9.17) is 0 Å². The second kappa shape index (κ2) is 10.1. The maximum Gasteiger partial charge on any atom is 0.322 e. The zero-order chi connectivity index (χ0) is 24.4. The van der Waals surface area contributed by atoms with Crippen molar-refractivity contribution in [3.05, 3.63) is 65.5 Å². The van der Waals surface area contributed by atoms with Gasteiger partial charge in [0.2, 0.25) is 5.91 Å². The highest BCUT2D eigenvalue weighted by Crippen LogP contribution is 2.43. The molecule has 35 heavy (non-hydrogen) atoms. The molecule has 2 heterocycles. The standard InChI is InChI=1S/C28H30FN3O3/c29-22-9-4-10-23(15-22)30-28(35)31-16-24-27(25(18-33)32(24)26(34)17-31)21-13-11-20(12-14-21)8-3-7-19-5-1-2-6-19/h4,9-15,19,24-25,27,33H,1-2,5-7,16-18H2,(H,30,35)/t24-,25-,27-/m0/s1. The third-order valence-electron chi connectivity index (χ3n) is 7.51. The molecule has 2 aromatic carbocycles. The Labute approximate surface area is 205 Å². The molecular weight excluding hydrogens is 445 g/mol. The minimum Gasteiger partial charge on any atom is -0.394 e. The second-order valence-corrected chi connectivity index (χ2v) is 9.74. The van der Waals surface area contributed by atoms with E-state index in [9.17, 15) is 19.1 Å². The molecule has 3 atom stereocenters. The summed E-state index contributed by atoms with van der Waals surface area (Å²) < 4.78 is 13.5. The lowest BCUT2D eigenvalue weighted by molar-refractivity contribution is -0.159. The van der Waals surface area contributed by atoms with E-state index in [0.717, 1.165) is 23.5 Å². The molecule has 3 fully saturated rings. The molecule has 6 nitrogen and oxygen atoms in total. The molecule has 0 spiro atoms. The van der Waals surface area contributed by atoms with E-state index in [-0.39, 0.29) is 37.1 Å². The molecule has 0 bridgehead atoms. The number of hydrogen-bond acceptors (Lipinski definition) is 3. The molecule has 2 saturated heterocycles. The van der Waals surface area contributed by atoms with Crippen molar-refractivity contribution >= 4 is 17.6 Å². The number of urea groups is 1. The lowest BCUT2D eigenvalue weighted by Crippen LogP contribution is -2.73. The Kier molecular flexibility index (Phi) is 6.74. The van der Waals surface area contributed by atoms with Crippen molar-refractivity contribution in [3.63, 3.8) is 0 Å². The fraction of sp³-hybridized carbons (Fsp3) is 0.429. The van der Waals surface area contributed by atoms with Gasteiger partial charge in [0.1, 0.15) is 12.4 Å². The predicted molar refractivity (Wildman–Crippen MR) is 131 cm³/mol. The Morgan fingerprint density at radius 1 is 1.14 bits per heavy atom. The molecule has 3 aliphatic rings. The van der Waals surface area contributed by atoms with E-state index in [0.29, 0.717) is 12.2 Å². The maximum absolute atomic E-state index is 13.5. The number of anilines is 1. The summed E-state index contributed by atoms with van der Waals surface area (Å²) in [5.41, 5.74) is 2.32. The SMILES string of the molecule is O=C(Nc1cccc(F)c1)N1CC(=O)N2[C@@H](CO)[C@@H](c3ccc(C#CCC4CCCC4)cc3)[C@@H]2C1. The smallest absolute Gasteiger partial charge is 0.322 e. The summed E-state index contributed by atoms with van der Waals surface area (Å²) in [7, 11) is 0. The Bertz CT molecular complexity index is 1150. The Morgan fingerprint density at radius 3 is 2.63 bits per heavy atom. The van der Waals surface area contributed by atoms with Crippen LogP contribution in [0.15, 0.2) is 48.5 Å². The summed E-state index contributed by atoms with van der Waals surface area (Å²) in [5, 5.41) is 12.7. The topological polar surface area (TPSA) is 72.9 Å². The molecule has 3 amide bonds. The van der Waals surface area contributed by atoms with Crippen LogP contribution in [0.4, 0.5) is 14.9 Å². The van der Waals surface area contributed by atoms with Crippen LogP contribution in [0.25, 0.3) is 0 Å². The molecule has 2 aliphatic heterocycles. The first-order valence-electron chi connectivity index (χ1n) is 12.4. The number of piperazine rings is 1. The number of carbonyl (C=O) groups is 2. The minimum absolute atomic E-state index is 0.0730. The van der Waals surface area contributed by atoms with Crippen LogP contribution in [-0.4, -0.2) is 58.6 Å². The molecule has 7 heteroatoms. The number of aliphatic hydroxyl groups is 1. The number of aliphatic hydroxyl groups excluding tert-OH is 1. The summed E-state index contributed by atoms with van der Waals surface area (Å²) >= 11 is 0. The molecule has 182 valence electrons. The summed E-state index contributed by atoms with van der Waals surface area (Å²) in [6.07, 6.45) is 6.15. The third-order valence-corrected chi connectivity index (χ3v) is 7.51. The number of amides is 3. The van der Waals surface area contributed by atoms with Gasteiger partial charge in [0.25, 0.3) is 0 Å². The predicted octanol–water partition coefficient (Wildman–Crippen LogP) is 3.96. The number of nitrogens with zero attached hydrogens (tertiary/aromatic N) is 2. The second-order valence-electron chi connectivity index (χ2n) is 9.74. The molecule has 2 aromatic rings. The molecule has 5 rings (SSSR count). The van der Waals surface area contributed by atoms with Gasteiger partial charge in [-0.1, -0.05) is 42.9 Å². The lowest BCUT2D eigenvalue weighted by Gasteiger charge is -2.58. The van der Waals surface area contributed by atoms with Crippen LogP contribution in [0, 0.1) is 23.6 Å². The van der Waals surface area contributed by atoms with Crippen LogP contribution < -0.4 is 5.32 Å². The largest absolute Gasteiger partial charge is 0.394 e. The van der Waals surface area contributed by atoms with Crippen LogP contribution in [0.3, 0.4) is 0 Å². The molecule has 0 unspecified atom stereocenters. The monoisotopic (exact) mass is 475 g/mol. The number of nitrogens with one attached hydrogen (secondary N) is 1. The van der Waals surface area contributed by atoms with E-state index < -0.39 is 11.8 Å². The van der Waals surface area contributed by atoms with Gasteiger partial charge in [-0.25, -0.2) is 9.18 Å². The number of benzene rings is 2. The van der Waals surface area contributed by atoms with Gasteiger partial charge >= 0.3 is 6.03 Å². The Hall–Kier alpha value is -3.37. The lowest BCUT2D eigenvalue weighted by atomic mass is 9.73. The zero-order valence-corrected chi connectivity index (χ0v) is 19.6. The number of hydrogen-bond donors (Lipinski definition) is 2. The van der Waals surface area contributed by atoms with Crippen molar-refractivity contribution < 1.29 is 19.1 Å². The Morgan fingerprint density at radius 2 is 1.91 bits per heavy atom. The van der Waals surface area contributed by atoms with E-state index in [1.54, 1.807) is 11.0 Å². The van der Waals surface area contributed by atoms with Crippen molar-refractivity contribution in [2.75, 3.05) is 25.0 Å². The molecular formula is C28H30FN3O3. The normalized spacial score (nSPS) is 23.8. The highest BCUT2D eigenvalue weighted by atomic mass is 19.1. The number of fused-ring (bicyclic) bond motifs is 1. The number of rotatable bonds is 4. The van der Waals surface area contributed by atoms with Crippen LogP contribution >= 0.6 is 0 Å². The van der Waals surface area contributed by atoms with Crippen LogP contribution in [-0.2, 0) is 4.79 Å². The third kappa shape index (κ3) is 4.89. The first kappa shape index (κ1) is 23.4. The average Bonchev–Trinajstić information content (AvgIpc) is 3.35. The van der Waals surface area contributed by atoms with Gasteiger partial charge in [-0.2, -0.15) is 0 Å².